The van der Waals surface area contributed by atoms with Crippen LogP contribution < -0.4 is 25.5 Å². The molecule has 0 saturated heterocycles. The second kappa shape index (κ2) is 7.58. The molecule has 0 atom stereocenters. The first-order chi connectivity index (χ1) is 11.9. The van der Waals surface area contributed by atoms with Crippen LogP contribution in [0.5, 0.6) is 17.2 Å². The van der Waals surface area contributed by atoms with E-state index in [0.29, 0.717) is 0 Å². The molecule has 9 heteroatoms. The van der Waals surface area contributed by atoms with Crippen LogP contribution in [0.15, 0.2) is 30.3 Å². The number of carbonyl (C=O) groups excluding carboxylic acids is 2. The van der Waals surface area contributed by atoms with Crippen LogP contribution in [0.25, 0.3) is 0 Å². The zero-order valence-corrected chi connectivity index (χ0v) is 13.3. The first kappa shape index (κ1) is 18.1. The Bertz CT molecular complexity index is 806. The highest BCUT2D eigenvalue weighted by Crippen LogP contribution is 2.34. The molecule has 132 valence electrons. The predicted octanol–water partition coefficient (Wildman–Crippen LogP) is 1.80. The SMILES string of the molecule is COc1cc(OC)c(C(=O)NN)c(OC(=O)c2c(F)cccc2F)c1. The van der Waals surface area contributed by atoms with Crippen molar-refractivity contribution in [1.29, 1.82) is 0 Å². The number of hydrogen-bond acceptors (Lipinski definition) is 6. The van der Waals surface area contributed by atoms with Crippen molar-refractivity contribution in [3.05, 3.63) is 53.1 Å². The summed E-state index contributed by atoms with van der Waals surface area (Å²) in [5.41, 5.74) is 0.731. The molecule has 1 amide bonds. The van der Waals surface area contributed by atoms with Crippen molar-refractivity contribution < 1.29 is 32.6 Å². The Kier molecular flexibility index (Phi) is 5.50. The molecule has 0 saturated carbocycles. The number of amides is 1. The van der Waals surface area contributed by atoms with Crippen LogP contribution in [0.4, 0.5) is 8.78 Å². The third-order valence-electron chi connectivity index (χ3n) is 3.22. The molecule has 2 aromatic carbocycles. The molecule has 0 aliphatic carbocycles. The van der Waals surface area contributed by atoms with E-state index < -0.39 is 29.1 Å². The number of hydrogen-bond donors (Lipinski definition) is 2. The molecule has 0 fully saturated rings. The lowest BCUT2D eigenvalue weighted by atomic mass is 10.1. The summed E-state index contributed by atoms with van der Waals surface area (Å²) in [6, 6.07) is 5.44. The van der Waals surface area contributed by atoms with Gasteiger partial charge in [0.2, 0.25) is 0 Å². The summed E-state index contributed by atoms with van der Waals surface area (Å²) >= 11 is 0. The Morgan fingerprint density at radius 3 is 2.12 bits per heavy atom. The minimum atomic E-state index is -1.34. The number of nitrogens with two attached hydrogens (primary N) is 1. The second-order valence-corrected chi connectivity index (χ2v) is 4.66. The highest BCUT2D eigenvalue weighted by molar-refractivity contribution is 6.01. The van der Waals surface area contributed by atoms with Crippen LogP contribution in [0.3, 0.4) is 0 Å². The number of halogens is 2. The molecule has 0 aliphatic heterocycles. The van der Waals surface area contributed by atoms with Gasteiger partial charge in [0.25, 0.3) is 5.91 Å². The van der Waals surface area contributed by atoms with Gasteiger partial charge >= 0.3 is 5.97 Å². The van der Waals surface area contributed by atoms with E-state index in [9.17, 15) is 18.4 Å². The van der Waals surface area contributed by atoms with Crippen LogP contribution in [-0.4, -0.2) is 26.1 Å². The smallest absolute Gasteiger partial charge is 0.349 e. The van der Waals surface area contributed by atoms with Gasteiger partial charge in [-0.2, -0.15) is 0 Å². The first-order valence-electron chi connectivity index (χ1n) is 6.86. The van der Waals surface area contributed by atoms with Gasteiger partial charge < -0.3 is 14.2 Å². The minimum Gasteiger partial charge on any atom is -0.496 e. The van der Waals surface area contributed by atoms with E-state index in [1.165, 1.54) is 26.4 Å². The quantitative estimate of drug-likeness (QED) is 0.280. The van der Waals surface area contributed by atoms with Gasteiger partial charge in [0.05, 0.1) is 14.2 Å². The Hall–Kier alpha value is -3.20. The zero-order valence-electron chi connectivity index (χ0n) is 13.3. The van der Waals surface area contributed by atoms with Crippen molar-refractivity contribution in [3.63, 3.8) is 0 Å². The van der Waals surface area contributed by atoms with Gasteiger partial charge in [-0.05, 0) is 12.1 Å². The van der Waals surface area contributed by atoms with Gasteiger partial charge in [-0.25, -0.2) is 19.4 Å². The Balaban J connectivity index is 2.54. The monoisotopic (exact) mass is 352 g/mol. The van der Waals surface area contributed by atoms with E-state index in [0.717, 1.165) is 18.2 Å². The Labute approximate surface area is 141 Å². The highest BCUT2D eigenvalue weighted by atomic mass is 19.1. The fraction of sp³-hybridized carbons (Fsp3) is 0.125. The number of methoxy groups -OCH3 is 2. The van der Waals surface area contributed by atoms with Crippen molar-refractivity contribution in [2.45, 2.75) is 0 Å². The highest BCUT2D eigenvalue weighted by Gasteiger charge is 2.25. The lowest BCUT2D eigenvalue weighted by Crippen LogP contribution is -2.31. The van der Waals surface area contributed by atoms with Crippen LogP contribution >= 0.6 is 0 Å². The maximum atomic E-state index is 13.7. The summed E-state index contributed by atoms with van der Waals surface area (Å²) in [6.45, 7) is 0. The molecular formula is C16H14F2N2O5. The van der Waals surface area contributed by atoms with E-state index in [1.807, 2.05) is 5.43 Å². The third-order valence-corrected chi connectivity index (χ3v) is 3.22. The van der Waals surface area contributed by atoms with Gasteiger partial charge in [-0.15, -0.1) is 0 Å². The summed E-state index contributed by atoms with van der Waals surface area (Å²) in [6.07, 6.45) is 0. The van der Waals surface area contributed by atoms with Gasteiger partial charge in [0.1, 0.15) is 34.3 Å². The molecule has 7 nitrogen and oxygen atoms in total. The number of nitrogens with one attached hydrogen (secondary N) is 1. The Morgan fingerprint density at radius 2 is 1.60 bits per heavy atom. The van der Waals surface area contributed by atoms with Crippen molar-refractivity contribution in [1.82, 2.24) is 5.43 Å². The van der Waals surface area contributed by atoms with Crippen molar-refractivity contribution in [2.75, 3.05) is 14.2 Å². The van der Waals surface area contributed by atoms with E-state index in [2.05, 4.69) is 0 Å². The molecule has 0 aliphatic rings. The summed E-state index contributed by atoms with van der Waals surface area (Å²) < 4.78 is 42.5. The average Bonchev–Trinajstić information content (AvgIpc) is 2.60. The van der Waals surface area contributed by atoms with E-state index >= 15 is 0 Å². The van der Waals surface area contributed by atoms with Gasteiger partial charge in [-0.1, -0.05) is 6.07 Å². The molecule has 2 rings (SSSR count). The summed E-state index contributed by atoms with van der Waals surface area (Å²) in [7, 11) is 2.60. The predicted molar refractivity (Wildman–Crippen MR) is 82.5 cm³/mol. The van der Waals surface area contributed by atoms with Crippen molar-refractivity contribution in [3.8, 4) is 17.2 Å². The fourth-order valence-electron chi connectivity index (χ4n) is 2.06. The molecule has 0 bridgehead atoms. The fourth-order valence-corrected chi connectivity index (χ4v) is 2.06. The largest absolute Gasteiger partial charge is 0.496 e. The molecule has 0 heterocycles. The lowest BCUT2D eigenvalue weighted by molar-refractivity contribution is 0.0721. The van der Waals surface area contributed by atoms with E-state index in [-0.39, 0.29) is 22.8 Å². The number of hydrazine groups is 1. The van der Waals surface area contributed by atoms with Crippen LogP contribution in [0, 0.1) is 11.6 Å². The van der Waals surface area contributed by atoms with Gasteiger partial charge in [0.15, 0.2) is 5.75 Å². The van der Waals surface area contributed by atoms with Crippen LogP contribution in [0.1, 0.15) is 20.7 Å². The summed E-state index contributed by atoms with van der Waals surface area (Å²) in [5, 5.41) is 0. The molecular weight excluding hydrogens is 338 g/mol. The number of ether oxygens (including phenoxy) is 3. The Morgan fingerprint density at radius 1 is 1.00 bits per heavy atom. The van der Waals surface area contributed by atoms with E-state index in [1.54, 1.807) is 0 Å². The molecule has 0 spiro atoms. The summed E-state index contributed by atoms with van der Waals surface area (Å²) in [4.78, 5) is 24.1. The number of nitrogen functional groups attached to an aromatic ring is 1. The first-order valence-corrected chi connectivity index (χ1v) is 6.86. The molecule has 3 N–H and O–H groups in total. The molecule has 2 aromatic rings. The molecule has 0 aromatic heterocycles. The standard InChI is InChI=1S/C16H14F2N2O5/c1-23-8-6-11(24-2)14(15(21)20-19)12(7-8)25-16(22)13-9(17)4-3-5-10(13)18/h3-7H,19H2,1-2H3,(H,20,21). The normalized spacial score (nSPS) is 10.1. The number of carbonyl (C=O) groups is 2. The number of esters is 1. The molecule has 0 radical (unpaired) electrons. The van der Waals surface area contributed by atoms with E-state index in [4.69, 9.17) is 20.1 Å². The van der Waals surface area contributed by atoms with Crippen molar-refractivity contribution >= 4 is 11.9 Å². The lowest BCUT2D eigenvalue weighted by Gasteiger charge is -2.15. The maximum absolute atomic E-state index is 13.7. The molecule has 25 heavy (non-hydrogen) atoms. The topological polar surface area (TPSA) is 99.9 Å². The van der Waals surface area contributed by atoms with Crippen LogP contribution in [0.2, 0.25) is 0 Å². The summed E-state index contributed by atoms with van der Waals surface area (Å²) in [5.74, 6) is 0.551. The van der Waals surface area contributed by atoms with Gasteiger partial charge in [-0.3, -0.25) is 10.2 Å². The van der Waals surface area contributed by atoms with Crippen LogP contribution in [-0.2, 0) is 0 Å². The van der Waals surface area contributed by atoms with Gasteiger partial charge in [0, 0.05) is 12.1 Å². The molecule has 0 unspecified atom stereocenters. The number of rotatable bonds is 5. The maximum Gasteiger partial charge on any atom is 0.349 e. The minimum absolute atomic E-state index is 0.0147. The average molecular weight is 352 g/mol. The third kappa shape index (κ3) is 3.66. The van der Waals surface area contributed by atoms with Crippen molar-refractivity contribution in [2.24, 2.45) is 5.84 Å². The second-order valence-electron chi connectivity index (χ2n) is 4.66. The zero-order chi connectivity index (χ0) is 18.6. The number of benzene rings is 2.